The fourth-order valence-electron chi connectivity index (χ4n) is 4.77. The van der Waals surface area contributed by atoms with Crippen LogP contribution < -0.4 is 5.32 Å². The van der Waals surface area contributed by atoms with Gasteiger partial charge in [-0.1, -0.05) is 6.07 Å². The van der Waals surface area contributed by atoms with Crippen molar-refractivity contribution >= 4 is 22.7 Å². The van der Waals surface area contributed by atoms with Gasteiger partial charge in [-0.05, 0) is 38.1 Å². The zero-order valence-corrected chi connectivity index (χ0v) is 17.9. The second-order valence-electron chi connectivity index (χ2n) is 8.66. The van der Waals surface area contributed by atoms with Gasteiger partial charge < -0.3 is 20.1 Å². The first-order valence-electron chi connectivity index (χ1n) is 10.6. The Hall–Kier alpha value is -2.45. The monoisotopic (exact) mass is 415 g/mol. The number of H-pyrrole nitrogens is 1. The van der Waals surface area contributed by atoms with Crippen LogP contribution in [0.5, 0.6) is 0 Å². The molecule has 2 amide bonds. The lowest BCUT2D eigenvalue weighted by atomic mass is 9.99. The number of carbonyl (C=O) groups is 2. The standard InChI is InChI=1S/C22H30FN5O2/c1-14-4-5-19(23)18-11-20(25-21(14)18)22(30)24-16-10-17(13-26(3)12-16)28-8-6-27(7-9-28)15(2)29/h4-5,11,16-17,25H,6-10,12-13H2,1-3H3,(H,24,30)/t16-,17+/m1/s1. The van der Waals surface area contributed by atoms with Crippen LogP contribution in [0.25, 0.3) is 10.9 Å². The summed E-state index contributed by atoms with van der Waals surface area (Å²) in [4.78, 5) is 34.1. The number of piperazine rings is 1. The Morgan fingerprint density at radius 3 is 2.57 bits per heavy atom. The van der Waals surface area contributed by atoms with E-state index < -0.39 is 0 Å². The van der Waals surface area contributed by atoms with Crippen molar-refractivity contribution in [2.45, 2.75) is 32.4 Å². The van der Waals surface area contributed by atoms with E-state index in [0.717, 1.165) is 51.3 Å². The quantitative estimate of drug-likeness (QED) is 0.799. The summed E-state index contributed by atoms with van der Waals surface area (Å²) >= 11 is 0. The van der Waals surface area contributed by atoms with E-state index in [4.69, 9.17) is 0 Å². The van der Waals surface area contributed by atoms with Gasteiger partial charge in [0.25, 0.3) is 5.91 Å². The van der Waals surface area contributed by atoms with Gasteiger partial charge in [-0.25, -0.2) is 4.39 Å². The Morgan fingerprint density at radius 1 is 1.17 bits per heavy atom. The van der Waals surface area contributed by atoms with E-state index in [1.807, 2.05) is 11.8 Å². The highest BCUT2D eigenvalue weighted by Gasteiger charge is 2.32. The molecular weight excluding hydrogens is 385 g/mol. The van der Waals surface area contributed by atoms with E-state index in [1.54, 1.807) is 19.1 Å². The Morgan fingerprint density at radius 2 is 1.90 bits per heavy atom. The highest BCUT2D eigenvalue weighted by molar-refractivity contribution is 5.99. The summed E-state index contributed by atoms with van der Waals surface area (Å²) in [6.45, 7) is 8.48. The van der Waals surface area contributed by atoms with Gasteiger partial charge in [0.2, 0.25) is 5.91 Å². The van der Waals surface area contributed by atoms with Crippen LogP contribution in [0.2, 0.25) is 0 Å². The number of nitrogens with one attached hydrogen (secondary N) is 2. The SMILES string of the molecule is CC(=O)N1CCN([C@H]2C[C@@H](NC(=O)c3cc4c(F)ccc(C)c4[nH]3)CN(C)C2)CC1. The molecule has 30 heavy (non-hydrogen) atoms. The number of hydrogen-bond acceptors (Lipinski definition) is 4. The van der Waals surface area contributed by atoms with Crippen molar-refractivity contribution in [3.63, 3.8) is 0 Å². The number of aromatic amines is 1. The normalized spacial score (nSPS) is 23.7. The van der Waals surface area contributed by atoms with Crippen molar-refractivity contribution < 1.29 is 14.0 Å². The summed E-state index contributed by atoms with van der Waals surface area (Å²) in [5, 5.41) is 3.58. The molecule has 2 atom stereocenters. The Labute approximate surface area is 176 Å². The molecule has 2 N–H and O–H groups in total. The van der Waals surface area contributed by atoms with Crippen molar-refractivity contribution in [3.8, 4) is 0 Å². The molecule has 0 aliphatic carbocycles. The van der Waals surface area contributed by atoms with Crippen LogP contribution in [0, 0.1) is 12.7 Å². The topological polar surface area (TPSA) is 71.7 Å². The average Bonchev–Trinajstić information content (AvgIpc) is 3.17. The maximum atomic E-state index is 14.1. The first-order chi connectivity index (χ1) is 14.3. The smallest absolute Gasteiger partial charge is 0.267 e. The van der Waals surface area contributed by atoms with E-state index in [1.165, 1.54) is 6.07 Å². The summed E-state index contributed by atoms with van der Waals surface area (Å²) in [5.74, 6) is -0.399. The van der Waals surface area contributed by atoms with Gasteiger partial charge in [0, 0.05) is 63.7 Å². The number of aryl methyl sites for hydroxylation is 1. The molecule has 8 heteroatoms. The predicted octanol–water partition coefficient (Wildman–Crippen LogP) is 1.58. The summed E-state index contributed by atoms with van der Waals surface area (Å²) in [5.41, 5.74) is 1.97. The highest BCUT2D eigenvalue weighted by atomic mass is 19.1. The molecule has 1 aromatic heterocycles. The second kappa shape index (κ2) is 8.35. The Bertz CT molecular complexity index is 911. The molecule has 162 valence electrons. The van der Waals surface area contributed by atoms with Gasteiger partial charge in [0.05, 0.1) is 5.52 Å². The van der Waals surface area contributed by atoms with Crippen LogP contribution in [-0.2, 0) is 4.79 Å². The number of carbonyl (C=O) groups excluding carboxylic acids is 2. The van der Waals surface area contributed by atoms with Crippen molar-refractivity contribution in [3.05, 3.63) is 35.3 Å². The van der Waals surface area contributed by atoms with Crippen LogP contribution in [0.3, 0.4) is 0 Å². The Balaban J connectivity index is 1.42. The Kier molecular flexibility index (Phi) is 5.79. The molecule has 2 saturated heterocycles. The third kappa shape index (κ3) is 4.20. The summed E-state index contributed by atoms with van der Waals surface area (Å²) < 4.78 is 14.1. The lowest BCUT2D eigenvalue weighted by Gasteiger charge is -2.44. The van der Waals surface area contributed by atoms with Gasteiger partial charge in [0.1, 0.15) is 11.5 Å². The van der Waals surface area contributed by atoms with E-state index in [-0.39, 0.29) is 23.7 Å². The van der Waals surface area contributed by atoms with Crippen molar-refractivity contribution in [1.82, 2.24) is 25.0 Å². The molecule has 0 saturated carbocycles. The second-order valence-corrected chi connectivity index (χ2v) is 8.66. The number of likely N-dealkylation sites (tertiary alicyclic amines) is 1. The van der Waals surface area contributed by atoms with Gasteiger partial charge in [-0.15, -0.1) is 0 Å². The predicted molar refractivity (Wildman–Crippen MR) is 114 cm³/mol. The molecule has 2 fully saturated rings. The van der Waals surface area contributed by atoms with Gasteiger partial charge >= 0.3 is 0 Å². The lowest BCUT2D eigenvalue weighted by Crippen LogP contribution is -2.59. The fraction of sp³-hybridized carbons (Fsp3) is 0.545. The lowest BCUT2D eigenvalue weighted by molar-refractivity contribution is -0.131. The van der Waals surface area contributed by atoms with Crippen LogP contribution in [0.4, 0.5) is 4.39 Å². The number of likely N-dealkylation sites (N-methyl/N-ethyl adjacent to an activating group) is 1. The maximum absolute atomic E-state index is 14.1. The van der Waals surface area contributed by atoms with Gasteiger partial charge in [-0.2, -0.15) is 0 Å². The maximum Gasteiger partial charge on any atom is 0.267 e. The van der Waals surface area contributed by atoms with E-state index in [2.05, 4.69) is 27.1 Å². The molecule has 2 aliphatic heterocycles. The van der Waals surface area contributed by atoms with Gasteiger partial charge in [0.15, 0.2) is 0 Å². The summed E-state index contributed by atoms with van der Waals surface area (Å²) in [6, 6.07) is 5.09. The van der Waals surface area contributed by atoms with Crippen LogP contribution in [0.15, 0.2) is 18.2 Å². The molecule has 4 rings (SSSR count). The number of nitrogens with zero attached hydrogens (tertiary/aromatic N) is 3. The highest BCUT2D eigenvalue weighted by Crippen LogP contribution is 2.23. The average molecular weight is 416 g/mol. The van der Waals surface area contributed by atoms with Crippen LogP contribution in [0.1, 0.15) is 29.4 Å². The molecule has 0 spiro atoms. The third-order valence-electron chi connectivity index (χ3n) is 6.42. The van der Waals surface area contributed by atoms with Crippen LogP contribution in [-0.4, -0.2) is 89.9 Å². The molecule has 3 heterocycles. The molecule has 2 aromatic rings. The molecule has 0 unspecified atom stereocenters. The minimum atomic E-state index is -0.326. The fourth-order valence-corrected chi connectivity index (χ4v) is 4.77. The number of rotatable bonds is 3. The largest absolute Gasteiger partial charge is 0.350 e. The first kappa shape index (κ1) is 20.8. The number of aromatic nitrogens is 1. The van der Waals surface area contributed by atoms with Crippen LogP contribution >= 0.6 is 0 Å². The number of hydrogen-bond donors (Lipinski definition) is 2. The van der Waals surface area contributed by atoms with E-state index >= 15 is 0 Å². The number of piperidine rings is 1. The summed E-state index contributed by atoms with van der Waals surface area (Å²) in [7, 11) is 2.07. The zero-order chi connectivity index (χ0) is 21.4. The molecule has 2 aliphatic rings. The number of benzene rings is 1. The van der Waals surface area contributed by atoms with Crippen molar-refractivity contribution in [2.75, 3.05) is 46.3 Å². The van der Waals surface area contributed by atoms with E-state index in [0.29, 0.717) is 22.6 Å². The minimum absolute atomic E-state index is 0.0180. The molecule has 0 bridgehead atoms. The summed E-state index contributed by atoms with van der Waals surface area (Å²) in [6.07, 6.45) is 0.865. The molecular formula is C22H30FN5O2. The van der Waals surface area contributed by atoms with Crippen molar-refractivity contribution in [2.24, 2.45) is 0 Å². The third-order valence-corrected chi connectivity index (χ3v) is 6.42. The number of halogens is 1. The van der Waals surface area contributed by atoms with Gasteiger partial charge in [-0.3, -0.25) is 14.5 Å². The first-order valence-corrected chi connectivity index (χ1v) is 10.6. The number of amides is 2. The molecule has 1 aromatic carbocycles. The minimum Gasteiger partial charge on any atom is -0.350 e. The molecule has 7 nitrogen and oxygen atoms in total. The number of fused-ring (bicyclic) bond motifs is 1. The van der Waals surface area contributed by atoms with E-state index in [9.17, 15) is 14.0 Å². The molecule has 0 radical (unpaired) electrons. The van der Waals surface area contributed by atoms with Crippen molar-refractivity contribution in [1.29, 1.82) is 0 Å². The zero-order valence-electron chi connectivity index (χ0n) is 17.9.